The van der Waals surface area contributed by atoms with Gasteiger partial charge < -0.3 is 5.32 Å². The largest absolute Gasteiger partial charge is 0.436 e. The van der Waals surface area contributed by atoms with Gasteiger partial charge in [-0.1, -0.05) is 35.3 Å². The minimum absolute atomic E-state index is 0.0157. The molecule has 31 heavy (non-hydrogen) atoms. The molecule has 2 heterocycles. The molecular formula is C20H18Cl2F3N5O. The molecule has 0 saturated heterocycles. The third-order valence-electron chi connectivity index (χ3n) is 4.96. The average Bonchev–Trinajstić information content (AvgIpc) is 3.31. The summed E-state index contributed by atoms with van der Waals surface area (Å²) in [4.78, 5) is 12.3. The molecule has 0 radical (unpaired) electrons. The lowest BCUT2D eigenvalue weighted by molar-refractivity contribution is -0.141. The number of nitrogens with zero attached hydrogens (tertiary/aromatic N) is 3. The van der Waals surface area contributed by atoms with Crippen LogP contribution in [0.3, 0.4) is 0 Å². The number of benzene rings is 1. The van der Waals surface area contributed by atoms with Gasteiger partial charge in [-0.2, -0.15) is 23.4 Å². The van der Waals surface area contributed by atoms with Crippen LogP contribution in [0.1, 0.15) is 47.1 Å². The van der Waals surface area contributed by atoms with E-state index in [1.54, 1.807) is 30.3 Å². The molecule has 0 unspecified atom stereocenters. The van der Waals surface area contributed by atoms with Gasteiger partial charge in [0.2, 0.25) is 0 Å². The number of aryl methyl sites for hydroxylation is 1. The van der Waals surface area contributed by atoms with Crippen molar-refractivity contribution < 1.29 is 18.0 Å². The minimum atomic E-state index is -4.59. The quantitative estimate of drug-likeness (QED) is 0.459. The van der Waals surface area contributed by atoms with Gasteiger partial charge in [-0.15, -0.1) is 0 Å². The van der Waals surface area contributed by atoms with E-state index in [4.69, 9.17) is 23.2 Å². The Bertz CT molecular complexity index is 1090. The molecule has 1 aromatic carbocycles. The molecule has 6 nitrogen and oxygen atoms in total. The summed E-state index contributed by atoms with van der Waals surface area (Å²) >= 11 is 11.8. The lowest BCUT2D eigenvalue weighted by atomic mass is 10.1. The number of nitrogens with one attached hydrogen (secondary N) is 2. The number of carbonyl (C=O) groups excluding carboxylic acids is 1. The number of aromatic nitrogens is 4. The monoisotopic (exact) mass is 471 g/mol. The molecule has 0 aliphatic heterocycles. The molecule has 1 aliphatic rings. The third-order valence-corrected chi connectivity index (χ3v) is 5.58. The van der Waals surface area contributed by atoms with Gasteiger partial charge in [-0.25, -0.2) is 0 Å². The van der Waals surface area contributed by atoms with Gasteiger partial charge in [0.15, 0.2) is 5.69 Å². The molecule has 164 valence electrons. The molecule has 3 aromatic rings. The molecule has 0 bridgehead atoms. The number of hydrogen-bond acceptors (Lipinski definition) is 3. The summed E-state index contributed by atoms with van der Waals surface area (Å²) in [6.07, 6.45) is -2.59. The highest BCUT2D eigenvalue weighted by molar-refractivity contribution is 6.32. The van der Waals surface area contributed by atoms with Gasteiger partial charge in [0.25, 0.3) is 5.91 Å². The number of H-pyrrole nitrogens is 1. The number of alkyl halides is 3. The van der Waals surface area contributed by atoms with Crippen molar-refractivity contribution in [3.05, 3.63) is 57.5 Å². The Morgan fingerprint density at radius 1 is 1.23 bits per heavy atom. The molecule has 1 fully saturated rings. The highest BCUT2D eigenvalue weighted by atomic mass is 35.5. The summed E-state index contributed by atoms with van der Waals surface area (Å²) < 4.78 is 40.7. The second kappa shape index (κ2) is 8.55. The van der Waals surface area contributed by atoms with Crippen LogP contribution in [0.5, 0.6) is 0 Å². The summed E-state index contributed by atoms with van der Waals surface area (Å²) in [7, 11) is 0. The topological polar surface area (TPSA) is 75.6 Å². The zero-order valence-electron chi connectivity index (χ0n) is 16.1. The maximum Gasteiger partial charge on any atom is 0.436 e. The van der Waals surface area contributed by atoms with Crippen LogP contribution in [0.25, 0.3) is 11.3 Å². The smallest absolute Gasteiger partial charge is 0.351 e. The van der Waals surface area contributed by atoms with Crippen molar-refractivity contribution in [2.45, 2.75) is 37.9 Å². The number of aromatic amines is 1. The number of amides is 1. The molecule has 4 rings (SSSR count). The van der Waals surface area contributed by atoms with Crippen molar-refractivity contribution in [1.82, 2.24) is 25.3 Å². The second-order valence-corrected chi connectivity index (χ2v) is 8.14. The Morgan fingerprint density at radius 3 is 2.58 bits per heavy atom. The van der Waals surface area contributed by atoms with E-state index in [1.165, 1.54) is 4.68 Å². The first-order chi connectivity index (χ1) is 14.7. The van der Waals surface area contributed by atoms with Crippen molar-refractivity contribution in [2.24, 2.45) is 0 Å². The Morgan fingerprint density at radius 2 is 1.94 bits per heavy atom. The second-order valence-electron chi connectivity index (χ2n) is 7.33. The van der Waals surface area contributed by atoms with Crippen LogP contribution >= 0.6 is 23.2 Å². The van der Waals surface area contributed by atoms with Crippen LogP contribution in [0, 0.1) is 0 Å². The van der Waals surface area contributed by atoms with Crippen molar-refractivity contribution in [2.75, 3.05) is 6.54 Å². The van der Waals surface area contributed by atoms with Crippen molar-refractivity contribution in [3.8, 4) is 11.3 Å². The lowest BCUT2D eigenvalue weighted by Gasteiger charge is -2.07. The Kier molecular flexibility index (Phi) is 5.98. The first kappa shape index (κ1) is 21.7. The van der Waals surface area contributed by atoms with Crippen molar-refractivity contribution in [1.29, 1.82) is 0 Å². The predicted octanol–water partition coefficient (Wildman–Crippen LogP) is 5.30. The first-order valence-corrected chi connectivity index (χ1v) is 10.4. The van der Waals surface area contributed by atoms with Gasteiger partial charge >= 0.3 is 6.18 Å². The summed E-state index contributed by atoms with van der Waals surface area (Å²) in [5.41, 5.74) is 1.07. The summed E-state index contributed by atoms with van der Waals surface area (Å²) in [6, 6.07) is 8.66. The maximum atomic E-state index is 13.1. The Labute approximate surface area is 185 Å². The van der Waals surface area contributed by atoms with Gasteiger partial charge in [0, 0.05) is 29.6 Å². The highest BCUT2D eigenvalue weighted by Gasteiger charge is 2.41. The molecular weight excluding hydrogens is 454 g/mol. The van der Waals surface area contributed by atoms with Crippen LogP contribution in [0.4, 0.5) is 13.2 Å². The zero-order chi connectivity index (χ0) is 22.2. The zero-order valence-corrected chi connectivity index (χ0v) is 17.7. The fourth-order valence-electron chi connectivity index (χ4n) is 3.28. The van der Waals surface area contributed by atoms with E-state index in [2.05, 4.69) is 20.6 Å². The molecule has 1 saturated carbocycles. The van der Waals surface area contributed by atoms with Crippen LogP contribution in [0.15, 0.2) is 30.3 Å². The Balaban J connectivity index is 1.34. The Hall–Kier alpha value is -2.52. The van der Waals surface area contributed by atoms with Crippen molar-refractivity contribution >= 4 is 29.1 Å². The summed E-state index contributed by atoms with van der Waals surface area (Å²) in [5, 5.41) is 13.5. The standard InChI is InChI=1S/C20H18Cl2F3N5O/c21-13-6-4-11(5-7-13)14-10-15(28-27-14)19(31)26-8-1-9-30-17(12-2-3-12)16(22)18(29-30)20(23,24)25/h4-7,10,12H,1-3,8-9H2,(H,26,31)(H,27,28). The van der Waals surface area contributed by atoms with Gasteiger partial charge in [0.1, 0.15) is 5.69 Å². The van der Waals surface area contributed by atoms with E-state index in [1.807, 2.05) is 0 Å². The molecule has 1 amide bonds. The van der Waals surface area contributed by atoms with E-state index in [0.717, 1.165) is 18.4 Å². The van der Waals surface area contributed by atoms with E-state index in [0.29, 0.717) is 22.8 Å². The molecule has 0 spiro atoms. The fourth-order valence-corrected chi connectivity index (χ4v) is 3.81. The lowest BCUT2D eigenvalue weighted by Crippen LogP contribution is -2.25. The van der Waals surface area contributed by atoms with Gasteiger partial charge in [-0.05, 0) is 37.5 Å². The molecule has 11 heteroatoms. The maximum absolute atomic E-state index is 13.1. The van der Waals surface area contributed by atoms with Crippen LogP contribution in [-0.2, 0) is 12.7 Å². The molecule has 2 N–H and O–H groups in total. The van der Waals surface area contributed by atoms with Gasteiger partial charge in [0.05, 0.1) is 16.4 Å². The van der Waals surface area contributed by atoms with Crippen LogP contribution < -0.4 is 5.32 Å². The number of carbonyl (C=O) groups is 1. The average molecular weight is 472 g/mol. The first-order valence-electron chi connectivity index (χ1n) is 9.67. The predicted molar refractivity (Wildman–Crippen MR) is 110 cm³/mol. The number of rotatable bonds is 7. The van der Waals surface area contributed by atoms with E-state index < -0.39 is 11.9 Å². The van der Waals surface area contributed by atoms with Crippen LogP contribution in [0.2, 0.25) is 10.0 Å². The third kappa shape index (κ3) is 4.88. The number of halogens is 5. The fraction of sp³-hybridized carbons (Fsp3) is 0.350. The van der Waals surface area contributed by atoms with E-state index in [9.17, 15) is 18.0 Å². The summed E-state index contributed by atoms with van der Waals surface area (Å²) in [5.74, 6) is -0.341. The molecule has 2 aromatic heterocycles. The van der Waals surface area contributed by atoms with Crippen LogP contribution in [-0.4, -0.2) is 32.4 Å². The van der Waals surface area contributed by atoms with Crippen molar-refractivity contribution in [3.63, 3.8) is 0 Å². The minimum Gasteiger partial charge on any atom is -0.351 e. The highest BCUT2D eigenvalue weighted by Crippen LogP contribution is 2.46. The van der Waals surface area contributed by atoms with E-state index in [-0.39, 0.29) is 35.6 Å². The van der Waals surface area contributed by atoms with Gasteiger partial charge in [-0.3, -0.25) is 14.6 Å². The van der Waals surface area contributed by atoms with E-state index >= 15 is 0 Å². The normalized spacial score (nSPS) is 14.1. The molecule has 1 aliphatic carbocycles. The number of hydrogen-bond donors (Lipinski definition) is 2. The summed E-state index contributed by atoms with van der Waals surface area (Å²) in [6.45, 7) is 0.484. The SMILES string of the molecule is O=C(NCCCn1nc(C(F)(F)F)c(Cl)c1C1CC1)c1cc(-c2ccc(Cl)cc2)n[nH]1. The molecule has 0 atom stereocenters.